The largest absolute Gasteiger partial charge is 0.322 e. The SMILES string of the molecule is CC(C)(N)c1ccc(C(=O)c2cccc3cnccc23)c(Cl)c1.Cl.Cl. The van der Waals surface area contributed by atoms with E-state index in [0.29, 0.717) is 16.1 Å². The van der Waals surface area contributed by atoms with E-state index >= 15 is 0 Å². The average Bonchev–Trinajstić information content (AvgIpc) is 2.53. The molecule has 0 aliphatic carbocycles. The summed E-state index contributed by atoms with van der Waals surface area (Å²) in [6.07, 6.45) is 3.43. The summed E-state index contributed by atoms with van der Waals surface area (Å²) in [5, 5.41) is 2.21. The van der Waals surface area contributed by atoms with Gasteiger partial charge in [-0.05, 0) is 43.0 Å². The van der Waals surface area contributed by atoms with Crippen LogP contribution in [0, 0.1) is 0 Å². The van der Waals surface area contributed by atoms with Crippen LogP contribution in [0.2, 0.25) is 5.02 Å². The third-order valence-electron chi connectivity index (χ3n) is 3.88. The second-order valence-corrected chi connectivity index (χ2v) is 6.56. The number of halogens is 3. The van der Waals surface area contributed by atoms with E-state index < -0.39 is 5.54 Å². The van der Waals surface area contributed by atoms with Gasteiger partial charge in [-0.3, -0.25) is 9.78 Å². The lowest BCUT2D eigenvalue weighted by Gasteiger charge is -2.20. The summed E-state index contributed by atoms with van der Waals surface area (Å²) in [7, 11) is 0. The van der Waals surface area contributed by atoms with Crippen molar-refractivity contribution in [3.05, 3.63) is 76.6 Å². The van der Waals surface area contributed by atoms with E-state index in [1.165, 1.54) is 0 Å². The highest BCUT2D eigenvalue weighted by Crippen LogP contribution is 2.28. The predicted octanol–water partition coefficient (Wildman–Crippen LogP) is 5.16. The van der Waals surface area contributed by atoms with Gasteiger partial charge < -0.3 is 5.73 Å². The number of pyridine rings is 1. The monoisotopic (exact) mass is 396 g/mol. The topological polar surface area (TPSA) is 56.0 Å². The van der Waals surface area contributed by atoms with Crippen molar-refractivity contribution < 1.29 is 4.79 Å². The predicted molar refractivity (Wildman–Crippen MR) is 108 cm³/mol. The van der Waals surface area contributed by atoms with Gasteiger partial charge in [0.25, 0.3) is 0 Å². The Labute approximate surface area is 164 Å². The molecule has 0 spiro atoms. The van der Waals surface area contributed by atoms with Crippen LogP contribution in [-0.2, 0) is 5.54 Å². The summed E-state index contributed by atoms with van der Waals surface area (Å²) < 4.78 is 0. The molecule has 3 rings (SSSR count). The van der Waals surface area contributed by atoms with Crippen LogP contribution in [0.5, 0.6) is 0 Å². The van der Waals surface area contributed by atoms with Gasteiger partial charge in [0, 0.05) is 34.4 Å². The summed E-state index contributed by atoms with van der Waals surface area (Å²) in [5.74, 6) is -0.104. The van der Waals surface area contributed by atoms with Gasteiger partial charge in [-0.2, -0.15) is 0 Å². The molecule has 1 aromatic heterocycles. The number of carbonyl (C=O) groups is 1. The molecule has 3 nitrogen and oxygen atoms in total. The molecular formula is C19H19Cl3N2O. The number of aromatic nitrogens is 1. The standard InChI is InChI=1S/C19H17ClN2O.2ClH/c1-19(2,21)13-6-7-16(17(20)10-13)18(23)15-5-3-4-12-11-22-9-8-14(12)15;;/h3-11H,21H2,1-2H3;2*1H. The first-order chi connectivity index (χ1) is 10.9. The molecular weight excluding hydrogens is 379 g/mol. The number of fused-ring (bicyclic) bond motifs is 1. The summed E-state index contributed by atoms with van der Waals surface area (Å²) in [5.41, 5.74) is 7.57. The highest BCUT2D eigenvalue weighted by molar-refractivity contribution is 6.35. The molecule has 2 N–H and O–H groups in total. The third kappa shape index (κ3) is 4.31. The van der Waals surface area contributed by atoms with Gasteiger partial charge >= 0.3 is 0 Å². The second-order valence-electron chi connectivity index (χ2n) is 6.15. The smallest absolute Gasteiger partial charge is 0.195 e. The molecule has 6 heteroatoms. The molecule has 0 fully saturated rings. The maximum absolute atomic E-state index is 12.9. The third-order valence-corrected chi connectivity index (χ3v) is 4.20. The van der Waals surface area contributed by atoms with Crippen LogP contribution < -0.4 is 5.73 Å². The van der Waals surface area contributed by atoms with E-state index in [0.717, 1.165) is 16.3 Å². The zero-order chi connectivity index (χ0) is 16.6. The minimum Gasteiger partial charge on any atom is -0.322 e. The molecule has 3 aromatic rings. The summed E-state index contributed by atoms with van der Waals surface area (Å²) in [6, 6.07) is 12.8. The van der Waals surface area contributed by atoms with E-state index in [-0.39, 0.29) is 30.6 Å². The van der Waals surface area contributed by atoms with Gasteiger partial charge in [0.15, 0.2) is 5.78 Å². The maximum Gasteiger partial charge on any atom is 0.195 e. The van der Waals surface area contributed by atoms with Crippen LogP contribution in [0.4, 0.5) is 0 Å². The van der Waals surface area contributed by atoms with Crippen LogP contribution in [0.25, 0.3) is 10.8 Å². The first-order valence-electron chi connectivity index (χ1n) is 7.34. The van der Waals surface area contributed by atoms with Crippen LogP contribution in [0.15, 0.2) is 54.9 Å². The van der Waals surface area contributed by atoms with Crippen molar-refractivity contribution in [3.8, 4) is 0 Å². The normalized spacial score (nSPS) is 10.7. The van der Waals surface area contributed by atoms with Gasteiger partial charge in [-0.25, -0.2) is 0 Å². The van der Waals surface area contributed by atoms with Crippen molar-refractivity contribution in [2.45, 2.75) is 19.4 Å². The zero-order valence-corrected chi connectivity index (χ0v) is 16.2. The van der Waals surface area contributed by atoms with Crippen molar-refractivity contribution in [3.63, 3.8) is 0 Å². The fourth-order valence-electron chi connectivity index (χ4n) is 2.57. The number of benzene rings is 2. The molecule has 0 aliphatic heterocycles. The minimum absolute atomic E-state index is 0. The van der Waals surface area contributed by atoms with E-state index in [9.17, 15) is 4.79 Å². The number of nitrogens with zero attached hydrogens (tertiary/aromatic N) is 1. The van der Waals surface area contributed by atoms with Crippen molar-refractivity contribution >= 4 is 53.0 Å². The van der Waals surface area contributed by atoms with Gasteiger partial charge in [0.2, 0.25) is 0 Å². The quantitative estimate of drug-likeness (QED) is 0.621. The summed E-state index contributed by atoms with van der Waals surface area (Å²) in [4.78, 5) is 17.0. The summed E-state index contributed by atoms with van der Waals surface area (Å²) >= 11 is 6.34. The first kappa shape index (κ1) is 21.4. The number of carbonyl (C=O) groups excluding carboxylic acids is 1. The second kappa shape index (κ2) is 8.15. The number of rotatable bonds is 3. The molecule has 2 aromatic carbocycles. The number of nitrogens with two attached hydrogens (primary N) is 1. The number of hydrogen-bond donors (Lipinski definition) is 1. The molecule has 0 amide bonds. The molecule has 0 atom stereocenters. The Morgan fingerprint density at radius 2 is 1.80 bits per heavy atom. The Balaban J connectivity index is 0.00000156. The highest BCUT2D eigenvalue weighted by atomic mass is 35.5. The molecule has 25 heavy (non-hydrogen) atoms. The fraction of sp³-hybridized carbons (Fsp3) is 0.158. The van der Waals surface area contributed by atoms with Gasteiger partial charge in [-0.15, -0.1) is 24.8 Å². The number of ketones is 1. The lowest BCUT2D eigenvalue weighted by molar-refractivity contribution is 0.104. The Hall–Kier alpha value is -1.65. The number of hydrogen-bond acceptors (Lipinski definition) is 3. The molecule has 0 saturated heterocycles. The Morgan fingerprint density at radius 3 is 2.44 bits per heavy atom. The van der Waals surface area contributed by atoms with Crippen LogP contribution in [0.3, 0.4) is 0 Å². The van der Waals surface area contributed by atoms with E-state index in [1.54, 1.807) is 24.5 Å². The van der Waals surface area contributed by atoms with E-state index in [4.69, 9.17) is 17.3 Å². The average molecular weight is 398 g/mol. The Bertz CT molecular complexity index is 899. The Kier molecular flexibility index (Phi) is 6.98. The molecule has 1 heterocycles. The maximum atomic E-state index is 12.9. The minimum atomic E-state index is -0.504. The fourth-order valence-corrected chi connectivity index (χ4v) is 2.83. The van der Waals surface area contributed by atoms with E-state index in [2.05, 4.69) is 4.98 Å². The summed E-state index contributed by atoms with van der Waals surface area (Å²) in [6.45, 7) is 3.80. The molecule has 132 valence electrons. The van der Waals surface area contributed by atoms with Crippen molar-refractivity contribution in [2.24, 2.45) is 5.73 Å². The van der Waals surface area contributed by atoms with Gasteiger partial charge in [0.05, 0.1) is 5.02 Å². The van der Waals surface area contributed by atoms with Crippen LogP contribution >= 0.6 is 36.4 Å². The zero-order valence-electron chi connectivity index (χ0n) is 13.8. The molecule has 0 saturated carbocycles. The first-order valence-corrected chi connectivity index (χ1v) is 7.72. The molecule has 0 radical (unpaired) electrons. The molecule has 0 bridgehead atoms. The van der Waals surface area contributed by atoms with Crippen LogP contribution in [-0.4, -0.2) is 10.8 Å². The van der Waals surface area contributed by atoms with Crippen LogP contribution in [0.1, 0.15) is 35.3 Å². The van der Waals surface area contributed by atoms with Crippen molar-refractivity contribution in [2.75, 3.05) is 0 Å². The van der Waals surface area contributed by atoms with Crippen molar-refractivity contribution in [1.29, 1.82) is 0 Å². The highest BCUT2D eigenvalue weighted by Gasteiger charge is 2.19. The van der Waals surface area contributed by atoms with Crippen molar-refractivity contribution in [1.82, 2.24) is 4.98 Å². The van der Waals surface area contributed by atoms with E-state index in [1.807, 2.05) is 44.2 Å². The lowest BCUT2D eigenvalue weighted by Crippen LogP contribution is -2.28. The van der Waals surface area contributed by atoms with Gasteiger partial charge in [-0.1, -0.05) is 35.9 Å². The van der Waals surface area contributed by atoms with Gasteiger partial charge in [0.1, 0.15) is 0 Å². The molecule has 0 aliphatic rings. The Morgan fingerprint density at radius 1 is 1.08 bits per heavy atom. The molecule has 0 unspecified atom stereocenters. The lowest BCUT2D eigenvalue weighted by atomic mass is 9.92.